The summed E-state index contributed by atoms with van der Waals surface area (Å²) in [5.74, 6) is 0.273. The lowest BCUT2D eigenvalue weighted by Gasteiger charge is -2.04. The van der Waals surface area contributed by atoms with Crippen LogP contribution in [-0.4, -0.2) is 5.16 Å². The number of nitrogens with zero attached hydrogens (tertiary/aromatic N) is 1. The minimum Gasteiger partial charge on any atom is -0.457 e. The SMILES string of the molecule is Nc1onc(-c2ccoc2Br)c1-c1ccccc1Br. The highest BCUT2D eigenvalue weighted by Crippen LogP contribution is 2.41. The van der Waals surface area contributed by atoms with E-state index in [9.17, 15) is 0 Å². The predicted octanol–water partition coefficient (Wildman–Crippen LogP) is 4.71. The van der Waals surface area contributed by atoms with Gasteiger partial charge in [-0.2, -0.15) is 0 Å². The van der Waals surface area contributed by atoms with Gasteiger partial charge in [0, 0.05) is 10.0 Å². The molecule has 0 spiro atoms. The number of hydrogen-bond donors (Lipinski definition) is 1. The number of furan rings is 1. The maximum Gasteiger partial charge on any atom is 0.230 e. The van der Waals surface area contributed by atoms with Crippen molar-refractivity contribution in [2.45, 2.75) is 0 Å². The summed E-state index contributed by atoms with van der Waals surface area (Å²) < 4.78 is 11.9. The van der Waals surface area contributed by atoms with Crippen LogP contribution in [0.3, 0.4) is 0 Å². The fourth-order valence-electron chi connectivity index (χ4n) is 1.87. The molecular weight excluding hydrogens is 376 g/mol. The van der Waals surface area contributed by atoms with Crippen molar-refractivity contribution in [1.29, 1.82) is 0 Å². The second kappa shape index (κ2) is 4.86. The van der Waals surface area contributed by atoms with E-state index >= 15 is 0 Å². The molecule has 0 atom stereocenters. The van der Waals surface area contributed by atoms with E-state index in [1.165, 1.54) is 0 Å². The second-order valence-corrected chi connectivity index (χ2v) is 5.43. The summed E-state index contributed by atoms with van der Waals surface area (Å²) in [6.45, 7) is 0. The van der Waals surface area contributed by atoms with Crippen molar-refractivity contribution in [2.75, 3.05) is 5.73 Å². The number of anilines is 1. The molecule has 2 aromatic heterocycles. The predicted molar refractivity (Wildman–Crippen MR) is 79.5 cm³/mol. The Labute approximate surface area is 125 Å². The minimum absolute atomic E-state index is 0.273. The van der Waals surface area contributed by atoms with E-state index in [2.05, 4.69) is 37.0 Å². The quantitative estimate of drug-likeness (QED) is 0.695. The fourth-order valence-corrected chi connectivity index (χ4v) is 2.78. The van der Waals surface area contributed by atoms with Gasteiger partial charge in [0.25, 0.3) is 0 Å². The van der Waals surface area contributed by atoms with E-state index in [1.54, 1.807) is 6.26 Å². The van der Waals surface area contributed by atoms with E-state index in [1.807, 2.05) is 30.3 Å². The van der Waals surface area contributed by atoms with Gasteiger partial charge in [-0.15, -0.1) is 0 Å². The first-order chi connectivity index (χ1) is 9.18. The van der Waals surface area contributed by atoms with Crippen molar-refractivity contribution in [2.24, 2.45) is 0 Å². The Morgan fingerprint density at radius 1 is 1.05 bits per heavy atom. The number of nitrogens with two attached hydrogens (primary N) is 1. The molecule has 0 bridgehead atoms. The Balaban J connectivity index is 2.26. The molecule has 0 aliphatic heterocycles. The molecular formula is C13H8Br2N2O2. The summed E-state index contributed by atoms with van der Waals surface area (Å²) in [6.07, 6.45) is 1.58. The molecule has 0 amide bonds. The molecule has 96 valence electrons. The number of rotatable bonds is 2. The minimum atomic E-state index is 0.273. The Bertz CT molecular complexity index is 734. The van der Waals surface area contributed by atoms with E-state index in [0.717, 1.165) is 21.2 Å². The van der Waals surface area contributed by atoms with Crippen LogP contribution in [0.1, 0.15) is 0 Å². The molecule has 19 heavy (non-hydrogen) atoms. The molecule has 0 aliphatic carbocycles. The summed E-state index contributed by atoms with van der Waals surface area (Å²) in [5.41, 5.74) is 9.01. The average molecular weight is 384 g/mol. The maximum atomic E-state index is 5.90. The molecule has 0 radical (unpaired) electrons. The van der Waals surface area contributed by atoms with Crippen LogP contribution in [0.4, 0.5) is 5.88 Å². The van der Waals surface area contributed by atoms with Crippen molar-refractivity contribution < 1.29 is 8.94 Å². The van der Waals surface area contributed by atoms with Crippen molar-refractivity contribution >= 4 is 37.7 Å². The van der Waals surface area contributed by atoms with Gasteiger partial charge in [-0.05, 0) is 28.1 Å². The Hall–Kier alpha value is -1.53. The molecule has 0 aliphatic rings. The number of nitrogen functional groups attached to an aromatic ring is 1. The summed E-state index contributed by atoms with van der Waals surface area (Å²) in [6, 6.07) is 9.56. The smallest absolute Gasteiger partial charge is 0.230 e. The van der Waals surface area contributed by atoms with Gasteiger partial charge in [0.1, 0.15) is 5.69 Å². The van der Waals surface area contributed by atoms with Gasteiger partial charge in [-0.3, -0.25) is 0 Å². The van der Waals surface area contributed by atoms with Crippen LogP contribution in [0, 0.1) is 0 Å². The van der Waals surface area contributed by atoms with E-state index in [4.69, 9.17) is 14.7 Å². The van der Waals surface area contributed by atoms with Crippen LogP contribution in [0.25, 0.3) is 22.4 Å². The number of aromatic nitrogens is 1. The summed E-state index contributed by atoms with van der Waals surface area (Å²) in [4.78, 5) is 0. The van der Waals surface area contributed by atoms with Crippen LogP contribution in [0.2, 0.25) is 0 Å². The third-order valence-corrected chi connectivity index (χ3v) is 4.04. The van der Waals surface area contributed by atoms with Gasteiger partial charge in [0.05, 0.1) is 17.4 Å². The van der Waals surface area contributed by atoms with Crippen LogP contribution >= 0.6 is 31.9 Å². The highest BCUT2D eigenvalue weighted by atomic mass is 79.9. The molecule has 0 unspecified atom stereocenters. The molecule has 2 N–H and O–H groups in total. The van der Waals surface area contributed by atoms with Gasteiger partial charge in [-0.1, -0.05) is 39.3 Å². The standard InChI is InChI=1S/C13H8Br2N2O2/c14-9-4-2-1-3-7(9)10-11(17-19-13(10)16)8-5-6-18-12(8)15/h1-6H,16H2. The average Bonchev–Trinajstić information content (AvgIpc) is 2.96. The molecule has 1 aromatic carbocycles. The third kappa shape index (κ3) is 2.11. The topological polar surface area (TPSA) is 65.2 Å². The van der Waals surface area contributed by atoms with E-state index < -0.39 is 0 Å². The van der Waals surface area contributed by atoms with Gasteiger partial charge < -0.3 is 14.7 Å². The Morgan fingerprint density at radius 3 is 2.53 bits per heavy atom. The zero-order valence-electron chi connectivity index (χ0n) is 9.56. The lowest BCUT2D eigenvalue weighted by atomic mass is 10.0. The number of halogens is 2. The molecule has 0 fully saturated rings. The van der Waals surface area contributed by atoms with E-state index in [-0.39, 0.29) is 5.88 Å². The third-order valence-electron chi connectivity index (χ3n) is 2.73. The highest BCUT2D eigenvalue weighted by molar-refractivity contribution is 9.10. The van der Waals surface area contributed by atoms with Gasteiger partial charge in [-0.25, -0.2) is 0 Å². The zero-order chi connectivity index (χ0) is 13.4. The first-order valence-electron chi connectivity index (χ1n) is 5.42. The fraction of sp³-hybridized carbons (Fsp3) is 0. The Morgan fingerprint density at radius 2 is 1.84 bits per heavy atom. The van der Waals surface area contributed by atoms with Crippen LogP contribution < -0.4 is 5.73 Å². The number of hydrogen-bond acceptors (Lipinski definition) is 4. The lowest BCUT2D eigenvalue weighted by Crippen LogP contribution is -1.88. The summed E-state index contributed by atoms with van der Waals surface area (Å²) in [5, 5.41) is 4.03. The van der Waals surface area contributed by atoms with Crippen molar-refractivity contribution in [3.05, 3.63) is 45.7 Å². The van der Waals surface area contributed by atoms with Gasteiger partial charge in [0.15, 0.2) is 4.67 Å². The second-order valence-electron chi connectivity index (χ2n) is 3.86. The largest absolute Gasteiger partial charge is 0.457 e. The molecule has 3 rings (SSSR count). The highest BCUT2D eigenvalue weighted by Gasteiger charge is 2.21. The Kier molecular flexibility index (Phi) is 3.20. The number of benzene rings is 1. The lowest BCUT2D eigenvalue weighted by molar-refractivity contribution is 0.439. The van der Waals surface area contributed by atoms with Gasteiger partial charge >= 0.3 is 0 Å². The molecule has 6 heteroatoms. The molecule has 0 saturated carbocycles. The first kappa shape index (κ1) is 12.5. The zero-order valence-corrected chi connectivity index (χ0v) is 12.7. The normalized spacial score (nSPS) is 10.8. The maximum absolute atomic E-state index is 5.90. The molecule has 3 aromatic rings. The van der Waals surface area contributed by atoms with Crippen molar-refractivity contribution in [3.63, 3.8) is 0 Å². The van der Waals surface area contributed by atoms with Crippen LogP contribution in [0.15, 0.2) is 54.7 Å². The van der Waals surface area contributed by atoms with Crippen LogP contribution in [0.5, 0.6) is 0 Å². The monoisotopic (exact) mass is 382 g/mol. The molecule has 4 nitrogen and oxygen atoms in total. The van der Waals surface area contributed by atoms with Crippen molar-refractivity contribution in [3.8, 4) is 22.4 Å². The molecule has 0 saturated heterocycles. The molecule has 2 heterocycles. The van der Waals surface area contributed by atoms with Crippen LogP contribution in [-0.2, 0) is 0 Å². The summed E-state index contributed by atoms with van der Waals surface area (Å²) >= 11 is 6.84. The summed E-state index contributed by atoms with van der Waals surface area (Å²) in [7, 11) is 0. The first-order valence-corrected chi connectivity index (χ1v) is 7.00. The van der Waals surface area contributed by atoms with Gasteiger partial charge in [0.2, 0.25) is 5.88 Å². The van der Waals surface area contributed by atoms with E-state index in [0.29, 0.717) is 10.4 Å². The van der Waals surface area contributed by atoms with Crippen molar-refractivity contribution in [1.82, 2.24) is 5.16 Å².